The van der Waals surface area contributed by atoms with Gasteiger partial charge in [-0.2, -0.15) is 5.10 Å². The summed E-state index contributed by atoms with van der Waals surface area (Å²) in [4.78, 5) is 22.7. The normalized spacial score (nSPS) is 10.5. The van der Waals surface area contributed by atoms with Crippen LogP contribution < -0.4 is 19.6 Å². The Bertz CT molecular complexity index is 849. The Morgan fingerprint density at radius 3 is 2.41 bits per heavy atom. The molecule has 0 aromatic heterocycles. The first-order valence-electron chi connectivity index (χ1n) is 7.96. The molecule has 0 heterocycles. The van der Waals surface area contributed by atoms with Crippen molar-refractivity contribution in [1.82, 2.24) is 5.43 Å². The summed E-state index contributed by atoms with van der Waals surface area (Å²) in [5.74, 6) is 0.605. The fourth-order valence-corrected chi connectivity index (χ4v) is 2.24. The van der Waals surface area contributed by atoms with Crippen molar-refractivity contribution in [2.24, 2.45) is 5.10 Å². The summed E-state index contributed by atoms with van der Waals surface area (Å²) in [6.45, 7) is 2.40. The highest BCUT2D eigenvalue weighted by Crippen LogP contribution is 2.33. The number of nitro benzene ring substituents is 1. The smallest absolute Gasteiger partial charge is 0.311 e. The van der Waals surface area contributed by atoms with Crippen LogP contribution in [0.1, 0.15) is 22.8 Å². The van der Waals surface area contributed by atoms with Crippen molar-refractivity contribution in [1.29, 1.82) is 0 Å². The Kier molecular flexibility index (Phi) is 6.70. The SMILES string of the molecule is CCOc1ccc(C(=O)N/N=C\c2cc([N+](=O)[O-])c(OC)cc2OC)cc1. The van der Waals surface area contributed by atoms with Gasteiger partial charge >= 0.3 is 5.69 Å². The second-order valence-electron chi connectivity index (χ2n) is 5.18. The summed E-state index contributed by atoms with van der Waals surface area (Å²) in [6.07, 6.45) is 1.26. The number of nitro groups is 1. The number of carbonyl (C=O) groups excluding carboxylic acids is 1. The maximum Gasteiger partial charge on any atom is 0.311 e. The lowest BCUT2D eigenvalue weighted by molar-refractivity contribution is -0.385. The van der Waals surface area contributed by atoms with E-state index >= 15 is 0 Å². The number of nitrogens with zero attached hydrogens (tertiary/aromatic N) is 2. The standard InChI is InChI=1S/C18H19N3O6/c1-4-27-14-7-5-12(6-8-14)18(22)20-19-11-13-9-15(21(23)24)17(26-3)10-16(13)25-2/h5-11H,4H2,1-3H3,(H,20,22)/b19-11-. The zero-order valence-corrected chi connectivity index (χ0v) is 15.1. The third-order valence-electron chi connectivity index (χ3n) is 3.53. The lowest BCUT2D eigenvalue weighted by Crippen LogP contribution is -2.17. The van der Waals surface area contributed by atoms with Crippen molar-refractivity contribution in [2.45, 2.75) is 6.92 Å². The second kappa shape index (κ2) is 9.18. The van der Waals surface area contributed by atoms with Gasteiger partial charge in [0.25, 0.3) is 5.91 Å². The molecule has 0 saturated heterocycles. The molecule has 0 aliphatic heterocycles. The fourth-order valence-electron chi connectivity index (χ4n) is 2.24. The summed E-state index contributed by atoms with van der Waals surface area (Å²) in [6, 6.07) is 9.21. The van der Waals surface area contributed by atoms with Gasteiger partial charge in [-0.1, -0.05) is 0 Å². The predicted molar refractivity (Wildman–Crippen MR) is 98.9 cm³/mol. The van der Waals surface area contributed by atoms with Crippen LogP contribution in [0.15, 0.2) is 41.5 Å². The number of ether oxygens (including phenoxy) is 3. The Morgan fingerprint density at radius 2 is 1.85 bits per heavy atom. The molecule has 0 aliphatic carbocycles. The molecule has 0 aliphatic rings. The first-order chi connectivity index (χ1) is 13.0. The van der Waals surface area contributed by atoms with Gasteiger partial charge in [0.05, 0.1) is 32.0 Å². The molecule has 0 saturated carbocycles. The average molecular weight is 373 g/mol. The minimum atomic E-state index is -0.575. The molecule has 0 atom stereocenters. The minimum absolute atomic E-state index is 0.0624. The van der Waals surface area contributed by atoms with Crippen LogP contribution in [-0.4, -0.2) is 37.9 Å². The number of amides is 1. The Balaban J connectivity index is 2.16. The Hall–Kier alpha value is -3.62. The lowest BCUT2D eigenvalue weighted by atomic mass is 10.1. The van der Waals surface area contributed by atoms with E-state index in [1.54, 1.807) is 24.3 Å². The molecule has 0 spiro atoms. The van der Waals surface area contributed by atoms with E-state index < -0.39 is 10.8 Å². The maximum atomic E-state index is 12.1. The average Bonchev–Trinajstić information content (AvgIpc) is 2.68. The summed E-state index contributed by atoms with van der Waals surface area (Å²) < 4.78 is 15.5. The third kappa shape index (κ3) is 4.94. The highest BCUT2D eigenvalue weighted by atomic mass is 16.6. The molecule has 0 fully saturated rings. The monoisotopic (exact) mass is 373 g/mol. The van der Waals surface area contributed by atoms with E-state index in [4.69, 9.17) is 14.2 Å². The van der Waals surface area contributed by atoms with Gasteiger partial charge in [0.15, 0.2) is 0 Å². The zero-order chi connectivity index (χ0) is 19.8. The molecule has 142 valence electrons. The van der Waals surface area contributed by atoms with Gasteiger partial charge in [-0.15, -0.1) is 0 Å². The molecular weight excluding hydrogens is 354 g/mol. The number of rotatable bonds is 8. The number of carbonyl (C=O) groups is 1. The number of benzene rings is 2. The van der Waals surface area contributed by atoms with E-state index in [0.29, 0.717) is 29.2 Å². The largest absolute Gasteiger partial charge is 0.496 e. The summed E-state index contributed by atoms with van der Waals surface area (Å²) in [7, 11) is 2.74. The van der Waals surface area contributed by atoms with Crippen molar-refractivity contribution >= 4 is 17.8 Å². The first-order valence-corrected chi connectivity index (χ1v) is 7.96. The molecular formula is C18H19N3O6. The molecule has 9 nitrogen and oxygen atoms in total. The number of nitrogens with one attached hydrogen (secondary N) is 1. The van der Waals surface area contributed by atoms with Crippen LogP contribution in [0.2, 0.25) is 0 Å². The van der Waals surface area contributed by atoms with E-state index in [-0.39, 0.29) is 11.4 Å². The van der Waals surface area contributed by atoms with Gasteiger partial charge in [-0.3, -0.25) is 14.9 Å². The molecule has 2 rings (SSSR count). The molecule has 0 radical (unpaired) electrons. The number of hydrazone groups is 1. The Labute approximate surface area is 155 Å². The van der Waals surface area contributed by atoms with E-state index in [1.165, 1.54) is 32.6 Å². The quantitative estimate of drug-likeness (QED) is 0.432. The van der Waals surface area contributed by atoms with Gasteiger partial charge in [0.2, 0.25) is 5.75 Å². The fraction of sp³-hybridized carbons (Fsp3) is 0.222. The van der Waals surface area contributed by atoms with Gasteiger partial charge in [-0.05, 0) is 31.2 Å². The van der Waals surface area contributed by atoms with E-state index in [9.17, 15) is 14.9 Å². The predicted octanol–water partition coefficient (Wildman–Crippen LogP) is 2.77. The molecule has 27 heavy (non-hydrogen) atoms. The number of methoxy groups -OCH3 is 2. The van der Waals surface area contributed by atoms with Crippen molar-refractivity contribution in [3.8, 4) is 17.2 Å². The van der Waals surface area contributed by atoms with Crippen molar-refractivity contribution in [3.05, 3.63) is 57.6 Å². The molecule has 2 aromatic carbocycles. The van der Waals surface area contributed by atoms with Crippen LogP contribution in [0.3, 0.4) is 0 Å². The van der Waals surface area contributed by atoms with Gasteiger partial charge in [0.1, 0.15) is 11.5 Å². The summed E-state index contributed by atoms with van der Waals surface area (Å²) in [5.41, 5.74) is 2.83. The van der Waals surface area contributed by atoms with E-state index in [0.717, 1.165) is 0 Å². The topological polar surface area (TPSA) is 112 Å². The van der Waals surface area contributed by atoms with Crippen molar-refractivity contribution in [3.63, 3.8) is 0 Å². The van der Waals surface area contributed by atoms with Crippen LogP contribution >= 0.6 is 0 Å². The number of hydrogen-bond acceptors (Lipinski definition) is 7. The Morgan fingerprint density at radius 1 is 1.19 bits per heavy atom. The highest BCUT2D eigenvalue weighted by Gasteiger charge is 2.18. The van der Waals surface area contributed by atoms with Crippen LogP contribution in [0.5, 0.6) is 17.2 Å². The summed E-state index contributed by atoms with van der Waals surface area (Å²) >= 11 is 0. The third-order valence-corrected chi connectivity index (χ3v) is 3.53. The van der Waals surface area contributed by atoms with Gasteiger partial charge in [0, 0.05) is 23.3 Å². The second-order valence-corrected chi connectivity index (χ2v) is 5.18. The van der Waals surface area contributed by atoms with Crippen LogP contribution in [0.25, 0.3) is 0 Å². The summed E-state index contributed by atoms with van der Waals surface area (Å²) in [5, 5.41) is 15.0. The van der Waals surface area contributed by atoms with Gasteiger partial charge in [-0.25, -0.2) is 5.43 Å². The molecule has 0 bridgehead atoms. The lowest BCUT2D eigenvalue weighted by Gasteiger charge is -2.08. The highest BCUT2D eigenvalue weighted by molar-refractivity contribution is 5.95. The minimum Gasteiger partial charge on any atom is -0.496 e. The van der Waals surface area contributed by atoms with Crippen LogP contribution in [-0.2, 0) is 0 Å². The van der Waals surface area contributed by atoms with Crippen LogP contribution in [0.4, 0.5) is 5.69 Å². The maximum absolute atomic E-state index is 12.1. The molecule has 9 heteroatoms. The van der Waals surface area contributed by atoms with Gasteiger partial charge < -0.3 is 14.2 Å². The molecule has 1 amide bonds. The van der Waals surface area contributed by atoms with Crippen LogP contribution in [0, 0.1) is 10.1 Å². The molecule has 1 N–H and O–H groups in total. The van der Waals surface area contributed by atoms with Crippen molar-refractivity contribution in [2.75, 3.05) is 20.8 Å². The van der Waals surface area contributed by atoms with E-state index in [1.807, 2.05) is 6.92 Å². The molecule has 0 unspecified atom stereocenters. The van der Waals surface area contributed by atoms with E-state index in [2.05, 4.69) is 10.5 Å². The first kappa shape index (κ1) is 19.7. The molecule has 2 aromatic rings. The zero-order valence-electron chi connectivity index (χ0n) is 15.1. The number of hydrogen-bond donors (Lipinski definition) is 1. The van der Waals surface area contributed by atoms with Crippen molar-refractivity contribution < 1.29 is 23.9 Å².